The lowest BCUT2D eigenvalue weighted by Gasteiger charge is -2.23. The molecule has 0 unspecified atom stereocenters. The second-order valence-corrected chi connectivity index (χ2v) is 7.31. The first-order valence-electron chi connectivity index (χ1n) is 9.08. The fraction of sp³-hybridized carbons (Fsp3) is 0.550. The second-order valence-electron chi connectivity index (χ2n) is 7.31. The zero-order chi connectivity index (χ0) is 17.8. The molecule has 1 saturated heterocycles. The molecule has 0 bridgehead atoms. The molecule has 2 atom stereocenters. The number of aromatic nitrogens is 1. The minimum Gasteiger partial charge on any atom is -0.396 e. The maximum absolute atomic E-state index is 9.78. The van der Waals surface area contributed by atoms with Gasteiger partial charge in [0.1, 0.15) is 0 Å². The van der Waals surface area contributed by atoms with E-state index in [0.29, 0.717) is 18.4 Å². The molecule has 3 rings (SSSR count). The Bertz CT molecular complexity index is 706. The van der Waals surface area contributed by atoms with E-state index in [0.717, 1.165) is 31.7 Å². The van der Waals surface area contributed by atoms with Gasteiger partial charge in [0, 0.05) is 50.9 Å². The van der Waals surface area contributed by atoms with Gasteiger partial charge in [0.25, 0.3) is 0 Å². The van der Waals surface area contributed by atoms with Crippen LogP contribution in [0.2, 0.25) is 0 Å². The summed E-state index contributed by atoms with van der Waals surface area (Å²) in [6.45, 7) is 6.96. The maximum atomic E-state index is 9.78. The van der Waals surface area contributed by atoms with Crippen LogP contribution in [0.4, 0.5) is 0 Å². The van der Waals surface area contributed by atoms with Gasteiger partial charge in [-0.2, -0.15) is 0 Å². The van der Waals surface area contributed by atoms with Crippen molar-refractivity contribution >= 4 is 10.9 Å². The van der Waals surface area contributed by atoms with Gasteiger partial charge in [0.15, 0.2) is 0 Å². The number of fused-ring (bicyclic) bond motifs is 1. The van der Waals surface area contributed by atoms with E-state index in [2.05, 4.69) is 39.9 Å². The van der Waals surface area contributed by atoms with E-state index in [4.69, 9.17) is 5.11 Å². The molecule has 136 valence electrons. The number of aliphatic hydroxyl groups is 2. The molecular formula is C20H29N3O2. The van der Waals surface area contributed by atoms with Crippen LogP contribution in [0.15, 0.2) is 30.5 Å². The summed E-state index contributed by atoms with van der Waals surface area (Å²) in [6, 6.07) is 8.38. The van der Waals surface area contributed by atoms with Crippen LogP contribution in [-0.2, 0) is 6.54 Å². The highest BCUT2D eigenvalue weighted by atomic mass is 16.3. The fourth-order valence-corrected chi connectivity index (χ4v) is 4.00. The summed E-state index contributed by atoms with van der Waals surface area (Å²) < 4.78 is 0. The Morgan fingerprint density at radius 1 is 1.20 bits per heavy atom. The third-order valence-electron chi connectivity index (χ3n) is 5.43. The molecule has 25 heavy (non-hydrogen) atoms. The zero-order valence-corrected chi connectivity index (χ0v) is 15.2. The normalized spacial score (nSPS) is 21.5. The number of nitrogens with zero attached hydrogens (tertiary/aromatic N) is 3. The number of hydrogen-bond acceptors (Lipinski definition) is 5. The molecule has 5 nitrogen and oxygen atoms in total. The Balaban J connectivity index is 1.75. The summed E-state index contributed by atoms with van der Waals surface area (Å²) in [4.78, 5) is 9.08. The summed E-state index contributed by atoms with van der Waals surface area (Å²) in [5.41, 5.74) is 3.67. The van der Waals surface area contributed by atoms with Crippen LogP contribution in [0.1, 0.15) is 11.1 Å². The van der Waals surface area contributed by atoms with Crippen molar-refractivity contribution in [3.8, 4) is 0 Å². The van der Waals surface area contributed by atoms with E-state index in [1.54, 1.807) is 0 Å². The van der Waals surface area contributed by atoms with Crippen molar-refractivity contribution in [1.29, 1.82) is 0 Å². The molecule has 1 fully saturated rings. The number of likely N-dealkylation sites (N-methyl/N-ethyl adjacent to an activating group) is 1. The Morgan fingerprint density at radius 2 is 2.00 bits per heavy atom. The van der Waals surface area contributed by atoms with Gasteiger partial charge in [-0.3, -0.25) is 9.88 Å². The van der Waals surface area contributed by atoms with Crippen LogP contribution in [-0.4, -0.2) is 71.4 Å². The zero-order valence-electron chi connectivity index (χ0n) is 15.2. The van der Waals surface area contributed by atoms with Gasteiger partial charge in [-0.15, -0.1) is 0 Å². The van der Waals surface area contributed by atoms with Crippen LogP contribution in [0, 0.1) is 18.8 Å². The number of rotatable bonds is 7. The smallest absolute Gasteiger partial charge is 0.0705 e. The van der Waals surface area contributed by atoms with E-state index < -0.39 is 0 Å². The summed E-state index contributed by atoms with van der Waals surface area (Å²) >= 11 is 0. The van der Waals surface area contributed by atoms with Crippen LogP contribution in [0.3, 0.4) is 0 Å². The van der Waals surface area contributed by atoms with Crippen molar-refractivity contribution in [3.63, 3.8) is 0 Å². The lowest BCUT2D eigenvalue weighted by Crippen LogP contribution is -2.33. The van der Waals surface area contributed by atoms with Crippen molar-refractivity contribution in [2.45, 2.75) is 13.5 Å². The first kappa shape index (κ1) is 18.3. The van der Waals surface area contributed by atoms with Gasteiger partial charge in [-0.05, 0) is 49.1 Å². The maximum Gasteiger partial charge on any atom is 0.0705 e. The summed E-state index contributed by atoms with van der Waals surface area (Å²) in [5, 5.41) is 20.1. The monoisotopic (exact) mass is 343 g/mol. The predicted molar refractivity (Wildman–Crippen MR) is 100 cm³/mol. The average molecular weight is 343 g/mol. The molecule has 0 aliphatic carbocycles. The highest BCUT2D eigenvalue weighted by Gasteiger charge is 2.33. The summed E-state index contributed by atoms with van der Waals surface area (Å²) in [6.07, 6.45) is 1.84. The van der Waals surface area contributed by atoms with Crippen LogP contribution < -0.4 is 0 Å². The predicted octanol–water partition coefficient (Wildman–Crippen LogP) is 1.51. The number of hydrogen-bond donors (Lipinski definition) is 2. The van der Waals surface area contributed by atoms with E-state index in [-0.39, 0.29) is 13.2 Å². The lowest BCUT2D eigenvalue weighted by atomic mass is 9.96. The molecule has 1 aromatic carbocycles. The Kier molecular flexibility index (Phi) is 6.02. The summed E-state index contributed by atoms with van der Waals surface area (Å²) in [5.74, 6) is 0.740. The molecule has 0 spiro atoms. The van der Waals surface area contributed by atoms with Gasteiger partial charge in [-0.1, -0.05) is 12.1 Å². The number of benzene rings is 1. The Labute approximate surface area is 149 Å². The molecule has 5 heteroatoms. The second kappa shape index (κ2) is 8.23. The van der Waals surface area contributed by atoms with Gasteiger partial charge in [0.05, 0.1) is 12.1 Å². The highest BCUT2D eigenvalue weighted by molar-refractivity contribution is 5.83. The molecule has 0 saturated carbocycles. The van der Waals surface area contributed by atoms with E-state index in [1.807, 2.05) is 19.3 Å². The molecule has 0 amide bonds. The summed E-state index contributed by atoms with van der Waals surface area (Å²) in [7, 11) is 2.04. The highest BCUT2D eigenvalue weighted by Crippen LogP contribution is 2.28. The topological polar surface area (TPSA) is 59.8 Å². The lowest BCUT2D eigenvalue weighted by molar-refractivity contribution is 0.160. The van der Waals surface area contributed by atoms with Gasteiger partial charge in [-0.25, -0.2) is 0 Å². The quantitative estimate of drug-likeness (QED) is 0.798. The van der Waals surface area contributed by atoms with Gasteiger partial charge in [0.2, 0.25) is 0 Å². The number of aryl methyl sites for hydroxylation is 1. The number of aliphatic hydroxyl groups excluding tert-OH is 2. The number of likely N-dealkylation sites (tertiary alicyclic amines) is 1. The first-order valence-corrected chi connectivity index (χ1v) is 9.08. The van der Waals surface area contributed by atoms with Crippen molar-refractivity contribution in [2.75, 3.05) is 46.4 Å². The fourth-order valence-electron chi connectivity index (χ4n) is 4.00. The molecular weight excluding hydrogens is 314 g/mol. The first-order chi connectivity index (χ1) is 12.1. The largest absolute Gasteiger partial charge is 0.396 e. The Hall–Kier alpha value is -1.53. The van der Waals surface area contributed by atoms with Crippen molar-refractivity contribution in [3.05, 3.63) is 41.6 Å². The van der Waals surface area contributed by atoms with Gasteiger partial charge < -0.3 is 15.1 Å². The minimum absolute atomic E-state index is 0.179. The Morgan fingerprint density at radius 3 is 2.76 bits per heavy atom. The molecule has 2 N–H and O–H groups in total. The van der Waals surface area contributed by atoms with E-state index in [9.17, 15) is 5.11 Å². The molecule has 1 aliphatic heterocycles. The van der Waals surface area contributed by atoms with E-state index >= 15 is 0 Å². The van der Waals surface area contributed by atoms with Crippen molar-refractivity contribution in [2.24, 2.45) is 11.8 Å². The van der Waals surface area contributed by atoms with Crippen molar-refractivity contribution in [1.82, 2.24) is 14.8 Å². The van der Waals surface area contributed by atoms with E-state index in [1.165, 1.54) is 16.5 Å². The molecule has 2 heterocycles. The SMILES string of the molecule is Cc1ccc2ncccc2c1CN1C[C@@H](CN(C)CCO)[C@@H](CO)C1. The molecule has 2 aromatic rings. The number of pyridine rings is 1. The average Bonchev–Trinajstić information content (AvgIpc) is 2.99. The molecule has 1 aliphatic rings. The van der Waals surface area contributed by atoms with Crippen LogP contribution in [0.25, 0.3) is 10.9 Å². The standard InChI is InChI=1S/C20H29N3O2/c1-15-5-6-20-18(4-3-7-21-20)19(15)13-23-11-16(17(12-23)14-25)10-22(2)8-9-24/h3-7,16-17,24-25H,8-14H2,1-2H3/t16-,17-/m1/s1. The van der Waals surface area contributed by atoms with Gasteiger partial charge >= 0.3 is 0 Å². The van der Waals surface area contributed by atoms with Crippen LogP contribution in [0.5, 0.6) is 0 Å². The minimum atomic E-state index is 0.179. The third kappa shape index (κ3) is 4.18. The van der Waals surface area contributed by atoms with Crippen LogP contribution >= 0.6 is 0 Å². The van der Waals surface area contributed by atoms with Crippen molar-refractivity contribution < 1.29 is 10.2 Å². The molecule has 0 radical (unpaired) electrons. The molecule has 1 aromatic heterocycles. The third-order valence-corrected chi connectivity index (χ3v) is 5.43.